The summed E-state index contributed by atoms with van der Waals surface area (Å²) in [7, 11) is 0. The Morgan fingerprint density at radius 1 is 0.963 bits per heavy atom. The number of fused-ring (bicyclic) bond motifs is 1. The molecule has 136 valence electrons. The van der Waals surface area contributed by atoms with Gasteiger partial charge in [-0.3, -0.25) is 4.98 Å². The second kappa shape index (κ2) is 6.51. The zero-order valence-corrected chi connectivity index (χ0v) is 14.9. The third-order valence-corrected chi connectivity index (χ3v) is 4.34. The fourth-order valence-corrected chi connectivity index (χ4v) is 2.93. The number of rotatable bonds is 2. The Bertz CT molecular complexity index is 1140. The zero-order valence-electron chi connectivity index (χ0n) is 13.4. The van der Waals surface area contributed by atoms with E-state index in [1.54, 1.807) is 42.5 Å². The molecule has 3 heterocycles. The van der Waals surface area contributed by atoms with Crippen LogP contribution in [0.3, 0.4) is 0 Å². The van der Waals surface area contributed by atoms with Crippen molar-refractivity contribution in [3.8, 4) is 17.1 Å². The maximum atomic E-state index is 13.2. The van der Waals surface area contributed by atoms with Crippen LogP contribution in [0.25, 0.3) is 28.1 Å². The lowest BCUT2D eigenvalue weighted by Crippen LogP contribution is -2.06. The molecule has 0 aliphatic rings. The summed E-state index contributed by atoms with van der Waals surface area (Å²) >= 11 is 11.8. The monoisotopic (exact) mass is 408 g/mol. The normalized spacial score (nSPS) is 11.9. The molecule has 0 aliphatic carbocycles. The van der Waals surface area contributed by atoms with Crippen molar-refractivity contribution in [2.75, 3.05) is 0 Å². The van der Waals surface area contributed by atoms with Crippen molar-refractivity contribution >= 4 is 34.2 Å². The summed E-state index contributed by atoms with van der Waals surface area (Å²) in [4.78, 5) is 8.16. The highest BCUT2D eigenvalue weighted by Gasteiger charge is 2.32. The number of hydrogen-bond donors (Lipinski definition) is 0. The van der Waals surface area contributed by atoms with Gasteiger partial charge in [-0.1, -0.05) is 41.4 Å². The van der Waals surface area contributed by atoms with E-state index in [0.717, 1.165) is 12.3 Å². The summed E-state index contributed by atoms with van der Waals surface area (Å²) in [6.07, 6.45) is -3.74. The van der Waals surface area contributed by atoms with Crippen LogP contribution in [0.5, 0.6) is 0 Å². The van der Waals surface area contributed by atoms with Gasteiger partial charge >= 0.3 is 6.18 Å². The van der Waals surface area contributed by atoms with Gasteiger partial charge in [-0.05, 0) is 30.3 Å². The van der Waals surface area contributed by atoms with Gasteiger partial charge < -0.3 is 0 Å². The molecule has 0 fully saturated rings. The number of benzene rings is 1. The predicted molar refractivity (Wildman–Crippen MR) is 97.1 cm³/mol. The molecule has 0 N–H and O–H groups in total. The van der Waals surface area contributed by atoms with E-state index in [-0.39, 0.29) is 16.5 Å². The molecule has 0 amide bonds. The number of pyridine rings is 2. The zero-order chi connectivity index (χ0) is 19.2. The van der Waals surface area contributed by atoms with Gasteiger partial charge in [-0.15, -0.1) is 0 Å². The largest absolute Gasteiger partial charge is 0.417 e. The van der Waals surface area contributed by atoms with Gasteiger partial charge in [0.05, 0.1) is 11.1 Å². The maximum Gasteiger partial charge on any atom is 0.417 e. The molecular formula is C18H9Cl2F3N4. The van der Waals surface area contributed by atoms with Crippen molar-refractivity contribution in [1.29, 1.82) is 0 Å². The van der Waals surface area contributed by atoms with E-state index in [1.165, 1.54) is 4.68 Å². The minimum atomic E-state index is -4.53. The Balaban J connectivity index is 2.01. The molecule has 0 saturated heterocycles. The van der Waals surface area contributed by atoms with Crippen LogP contribution in [-0.4, -0.2) is 19.7 Å². The number of aromatic nitrogens is 4. The quantitative estimate of drug-likeness (QED) is 0.393. The van der Waals surface area contributed by atoms with Gasteiger partial charge in [-0.25, -0.2) is 9.67 Å². The van der Waals surface area contributed by atoms with Crippen molar-refractivity contribution in [2.45, 2.75) is 6.18 Å². The first kappa shape index (κ1) is 17.8. The molecule has 0 unspecified atom stereocenters. The Labute approximate surface area is 161 Å². The van der Waals surface area contributed by atoms with E-state index in [9.17, 15) is 13.2 Å². The molecular weight excluding hydrogens is 400 g/mol. The first-order valence-electron chi connectivity index (χ1n) is 7.68. The predicted octanol–water partition coefficient (Wildman–Crippen LogP) is 5.81. The van der Waals surface area contributed by atoms with Crippen LogP contribution in [0.15, 0.2) is 54.7 Å². The van der Waals surface area contributed by atoms with Crippen LogP contribution in [0.4, 0.5) is 13.2 Å². The summed E-state index contributed by atoms with van der Waals surface area (Å²) in [5.74, 6) is 0.286. The number of alkyl halides is 3. The maximum absolute atomic E-state index is 13.2. The summed E-state index contributed by atoms with van der Waals surface area (Å²) in [5, 5.41) is 5.18. The Hall–Kier alpha value is -2.64. The van der Waals surface area contributed by atoms with Crippen LogP contribution < -0.4 is 0 Å². The molecule has 4 nitrogen and oxygen atoms in total. The van der Waals surface area contributed by atoms with Gasteiger partial charge in [0.25, 0.3) is 0 Å². The molecule has 3 aromatic heterocycles. The molecule has 27 heavy (non-hydrogen) atoms. The van der Waals surface area contributed by atoms with Crippen LogP contribution in [0, 0.1) is 0 Å². The van der Waals surface area contributed by atoms with E-state index in [1.807, 2.05) is 0 Å². The molecule has 0 saturated carbocycles. The molecule has 9 heteroatoms. The summed E-state index contributed by atoms with van der Waals surface area (Å²) in [6.45, 7) is 0. The smallest absolute Gasteiger partial charge is 0.252 e. The highest BCUT2D eigenvalue weighted by molar-refractivity contribution is 6.30. The van der Waals surface area contributed by atoms with Gasteiger partial charge in [0.15, 0.2) is 5.82 Å². The summed E-state index contributed by atoms with van der Waals surface area (Å²) in [5.41, 5.74) is 0.687. The van der Waals surface area contributed by atoms with E-state index in [4.69, 9.17) is 23.2 Å². The lowest BCUT2D eigenvalue weighted by Gasteiger charge is -2.07. The molecule has 0 bridgehead atoms. The highest BCUT2D eigenvalue weighted by Crippen LogP contribution is 2.34. The average Bonchev–Trinajstić information content (AvgIpc) is 3.00. The van der Waals surface area contributed by atoms with Gasteiger partial charge in [0, 0.05) is 16.8 Å². The molecule has 0 radical (unpaired) electrons. The van der Waals surface area contributed by atoms with Crippen LogP contribution in [-0.2, 0) is 6.18 Å². The summed E-state index contributed by atoms with van der Waals surface area (Å²) < 4.78 is 40.8. The van der Waals surface area contributed by atoms with Gasteiger partial charge in [0.2, 0.25) is 0 Å². The van der Waals surface area contributed by atoms with E-state index >= 15 is 0 Å². The highest BCUT2D eigenvalue weighted by atomic mass is 35.5. The number of halogens is 5. The Kier molecular flexibility index (Phi) is 4.28. The van der Waals surface area contributed by atoms with Crippen LogP contribution in [0.2, 0.25) is 10.2 Å². The SMILES string of the molecule is FC(F)(F)c1cnc2c(-c3ccc(Cl)cc3)nn(-c3cccc(Cl)n3)c2c1. The lowest BCUT2D eigenvalue weighted by atomic mass is 10.1. The third kappa shape index (κ3) is 3.36. The number of nitrogens with zero attached hydrogens (tertiary/aromatic N) is 4. The average molecular weight is 409 g/mol. The first-order valence-corrected chi connectivity index (χ1v) is 8.43. The second-order valence-corrected chi connectivity index (χ2v) is 6.50. The first-order chi connectivity index (χ1) is 12.8. The van der Waals surface area contributed by atoms with Gasteiger partial charge in [-0.2, -0.15) is 18.3 Å². The fraction of sp³-hybridized carbons (Fsp3) is 0.0556. The van der Waals surface area contributed by atoms with E-state index in [0.29, 0.717) is 21.8 Å². The molecule has 0 spiro atoms. The number of hydrogen-bond acceptors (Lipinski definition) is 3. The fourth-order valence-electron chi connectivity index (χ4n) is 2.65. The molecule has 0 atom stereocenters. The molecule has 1 aromatic carbocycles. The third-order valence-electron chi connectivity index (χ3n) is 3.88. The minimum absolute atomic E-state index is 0.171. The van der Waals surface area contributed by atoms with E-state index in [2.05, 4.69) is 15.1 Å². The van der Waals surface area contributed by atoms with Gasteiger partial charge in [0.1, 0.15) is 16.4 Å². The second-order valence-electron chi connectivity index (χ2n) is 5.68. The van der Waals surface area contributed by atoms with Crippen molar-refractivity contribution in [1.82, 2.24) is 19.7 Å². The molecule has 4 aromatic rings. The Morgan fingerprint density at radius 2 is 1.70 bits per heavy atom. The van der Waals surface area contributed by atoms with Crippen LogP contribution >= 0.6 is 23.2 Å². The topological polar surface area (TPSA) is 43.6 Å². The van der Waals surface area contributed by atoms with Crippen molar-refractivity contribution in [3.05, 3.63) is 70.5 Å². The molecule has 0 aliphatic heterocycles. The van der Waals surface area contributed by atoms with Crippen molar-refractivity contribution < 1.29 is 13.2 Å². The lowest BCUT2D eigenvalue weighted by molar-refractivity contribution is -0.137. The molecule has 4 rings (SSSR count). The van der Waals surface area contributed by atoms with E-state index < -0.39 is 11.7 Å². The minimum Gasteiger partial charge on any atom is -0.252 e. The van der Waals surface area contributed by atoms with Crippen molar-refractivity contribution in [3.63, 3.8) is 0 Å². The Morgan fingerprint density at radius 3 is 2.37 bits per heavy atom. The summed E-state index contributed by atoms with van der Waals surface area (Å²) in [6, 6.07) is 12.6. The van der Waals surface area contributed by atoms with Crippen LogP contribution in [0.1, 0.15) is 5.56 Å². The van der Waals surface area contributed by atoms with Crippen molar-refractivity contribution in [2.24, 2.45) is 0 Å². The standard InChI is InChI=1S/C18H9Cl2F3N4/c19-12-6-4-10(5-7-12)16-17-13(8-11(9-24-17)18(21,22)23)27(26-16)15-3-1-2-14(20)25-15/h1-9H.